The molecule has 0 heterocycles. The summed E-state index contributed by atoms with van der Waals surface area (Å²) in [6.07, 6.45) is -2.73. The largest absolute Gasteiger partial charge is 0.481 e. The Hall–Kier alpha value is -8.09. The molecule has 69 heavy (non-hydrogen) atoms. The molecule has 0 aromatic heterocycles. The van der Waals surface area contributed by atoms with Crippen molar-refractivity contribution in [3.63, 3.8) is 0 Å². The first-order valence-corrected chi connectivity index (χ1v) is 22.4. The number of primary amides is 1. The summed E-state index contributed by atoms with van der Waals surface area (Å²) in [5.74, 6) is -9.21. The Kier molecular flexibility index (Phi) is 18.5. The number of carboxylic acids is 2. The first-order valence-electron chi connectivity index (χ1n) is 22.4. The van der Waals surface area contributed by atoms with Gasteiger partial charge in [-0.25, -0.2) is 4.79 Å². The minimum Gasteiger partial charge on any atom is -0.481 e. The molecule has 0 bridgehead atoms. The average molecular weight is 948 g/mol. The highest BCUT2D eigenvalue weighted by molar-refractivity contribution is 5.98. The number of carbonyl (C=O) groups excluding carboxylic acids is 7. The SMILES string of the molecule is CC(C)[C@H](NC(=O)[C@H](Cc1ccccc1)NC(=O)OCC1c2ccccc2-c2ccccc21)C(=O)N[C@@H](CC(=O)O)C(=O)N[C@@H](C)C(=O)N[C@@H](Cc1ccccc1)C(=O)N[C@@H](CCC(=O)O)C(N)=O. The molecule has 4 aromatic carbocycles. The number of amides is 7. The van der Waals surface area contributed by atoms with Crippen LogP contribution in [0.3, 0.4) is 0 Å². The van der Waals surface area contributed by atoms with E-state index in [1.54, 1.807) is 74.5 Å². The van der Waals surface area contributed by atoms with Crippen molar-refractivity contribution in [2.75, 3.05) is 6.61 Å². The molecule has 5 rings (SSSR count). The topological polar surface area (TPSA) is 302 Å². The van der Waals surface area contributed by atoms with Crippen LogP contribution in [-0.2, 0) is 55.9 Å². The van der Waals surface area contributed by atoms with Gasteiger partial charge in [-0.1, -0.05) is 123 Å². The molecule has 19 nitrogen and oxygen atoms in total. The van der Waals surface area contributed by atoms with Gasteiger partial charge in [0.25, 0.3) is 0 Å². The normalized spacial score (nSPS) is 14.2. The Morgan fingerprint density at radius 2 is 1.00 bits per heavy atom. The van der Waals surface area contributed by atoms with Gasteiger partial charge in [0.2, 0.25) is 35.4 Å². The zero-order valence-corrected chi connectivity index (χ0v) is 38.3. The van der Waals surface area contributed by atoms with Crippen LogP contribution in [-0.4, -0.2) is 107 Å². The number of aliphatic carboxylic acids is 2. The van der Waals surface area contributed by atoms with Crippen molar-refractivity contribution < 1.29 is 58.1 Å². The third kappa shape index (κ3) is 15.0. The number of hydrogen-bond donors (Lipinski definition) is 9. The van der Waals surface area contributed by atoms with E-state index in [2.05, 4.69) is 31.9 Å². The Morgan fingerprint density at radius 1 is 0.536 bits per heavy atom. The third-order valence-corrected chi connectivity index (χ3v) is 11.5. The lowest BCUT2D eigenvalue weighted by Crippen LogP contribution is -2.60. The van der Waals surface area contributed by atoms with Gasteiger partial charge in [-0.3, -0.25) is 38.4 Å². The van der Waals surface area contributed by atoms with E-state index in [0.29, 0.717) is 11.1 Å². The minimum atomic E-state index is -1.77. The quantitative estimate of drug-likeness (QED) is 0.0489. The number of rotatable bonds is 24. The molecule has 1 aliphatic rings. The van der Waals surface area contributed by atoms with Gasteiger partial charge in [0.1, 0.15) is 42.9 Å². The van der Waals surface area contributed by atoms with Crippen LogP contribution in [0.1, 0.15) is 68.2 Å². The molecule has 0 saturated carbocycles. The standard InChI is InChI=1S/C50H57N7O12/c1-28(2)43(57-48(66)39(25-31-16-8-5-9-17-31)56-50(68)69-27-36-34-20-12-10-18-32(34)33-19-11-13-21-35(33)36)49(67)55-40(26-42(60)61)46(64)52-29(3)45(63)54-38(24-30-14-6-4-7-15-30)47(65)53-37(44(51)62)22-23-41(58)59/h4-21,28-29,36-40,43H,22-27H2,1-3H3,(H2,51,62)(H,52,64)(H,53,65)(H,54,63)(H,55,67)(H,56,68)(H,57,66)(H,58,59)(H,60,61)/t29-,37-,38-,39-,40-,43-/m0/s1. The van der Waals surface area contributed by atoms with Crippen LogP contribution in [0.2, 0.25) is 0 Å². The summed E-state index contributed by atoms with van der Waals surface area (Å²) in [5.41, 5.74) is 10.7. The van der Waals surface area contributed by atoms with E-state index in [0.717, 1.165) is 22.3 Å². The summed E-state index contributed by atoms with van der Waals surface area (Å²) in [5, 5.41) is 33.7. The van der Waals surface area contributed by atoms with Gasteiger partial charge < -0.3 is 52.6 Å². The summed E-state index contributed by atoms with van der Waals surface area (Å²) >= 11 is 0. The van der Waals surface area contributed by atoms with Crippen LogP contribution in [0.25, 0.3) is 11.1 Å². The summed E-state index contributed by atoms with van der Waals surface area (Å²) in [7, 11) is 0. The van der Waals surface area contributed by atoms with E-state index in [9.17, 15) is 48.3 Å². The van der Waals surface area contributed by atoms with E-state index < -0.39 is 108 Å². The van der Waals surface area contributed by atoms with Crippen molar-refractivity contribution in [1.29, 1.82) is 0 Å². The van der Waals surface area contributed by atoms with Gasteiger partial charge in [0.15, 0.2) is 0 Å². The molecular weight excluding hydrogens is 891 g/mol. The van der Waals surface area contributed by atoms with Gasteiger partial charge in [0, 0.05) is 25.2 Å². The third-order valence-electron chi connectivity index (χ3n) is 11.5. The molecule has 0 radical (unpaired) electrons. The highest BCUT2D eigenvalue weighted by Gasteiger charge is 2.35. The fraction of sp³-hybridized carbons (Fsp3) is 0.340. The first-order chi connectivity index (χ1) is 32.9. The highest BCUT2D eigenvalue weighted by Crippen LogP contribution is 2.44. The molecule has 0 fully saturated rings. The van der Waals surface area contributed by atoms with Crippen LogP contribution in [0.15, 0.2) is 109 Å². The Morgan fingerprint density at radius 3 is 1.51 bits per heavy atom. The maximum Gasteiger partial charge on any atom is 0.407 e. The molecule has 0 unspecified atom stereocenters. The van der Waals surface area contributed by atoms with Gasteiger partial charge in [0.05, 0.1) is 6.42 Å². The molecule has 364 valence electrons. The molecular formula is C50H57N7O12. The van der Waals surface area contributed by atoms with Gasteiger partial charge in [-0.15, -0.1) is 0 Å². The molecule has 19 heteroatoms. The second-order valence-electron chi connectivity index (χ2n) is 17.0. The molecule has 0 aliphatic heterocycles. The lowest BCUT2D eigenvalue weighted by molar-refractivity contribution is -0.141. The van der Waals surface area contributed by atoms with Gasteiger partial charge in [-0.2, -0.15) is 0 Å². The van der Waals surface area contributed by atoms with Crippen LogP contribution >= 0.6 is 0 Å². The van der Waals surface area contributed by atoms with E-state index in [-0.39, 0.29) is 31.8 Å². The maximum atomic E-state index is 14.1. The van der Waals surface area contributed by atoms with Crippen molar-refractivity contribution in [2.45, 2.75) is 95.0 Å². The molecule has 0 spiro atoms. The summed E-state index contributed by atoms with van der Waals surface area (Å²) in [6.45, 7) is 4.43. The summed E-state index contributed by atoms with van der Waals surface area (Å²) < 4.78 is 5.73. The second kappa shape index (κ2) is 24.6. The number of alkyl carbamates (subject to hydrolysis) is 1. The molecule has 7 amide bonds. The molecule has 1 aliphatic carbocycles. The van der Waals surface area contributed by atoms with Crippen molar-refractivity contribution in [3.8, 4) is 11.1 Å². The number of ether oxygens (including phenoxy) is 1. The van der Waals surface area contributed by atoms with Crippen LogP contribution in [0.5, 0.6) is 0 Å². The van der Waals surface area contributed by atoms with E-state index in [4.69, 9.17) is 15.6 Å². The lowest BCUT2D eigenvalue weighted by atomic mass is 9.98. The summed E-state index contributed by atoms with van der Waals surface area (Å²) in [4.78, 5) is 117. The minimum absolute atomic E-state index is 0.00237. The zero-order chi connectivity index (χ0) is 50.2. The number of nitrogens with two attached hydrogens (primary N) is 1. The molecule has 6 atom stereocenters. The van der Waals surface area contributed by atoms with Crippen molar-refractivity contribution in [1.82, 2.24) is 31.9 Å². The maximum absolute atomic E-state index is 14.1. The zero-order valence-electron chi connectivity index (χ0n) is 38.3. The van der Waals surface area contributed by atoms with Crippen molar-refractivity contribution >= 4 is 53.5 Å². The van der Waals surface area contributed by atoms with Crippen LogP contribution in [0.4, 0.5) is 4.79 Å². The number of carboxylic acid groups (broad SMARTS) is 2. The van der Waals surface area contributed by atoms with E-state index >= 15 is 0 Å². The van der Waals surface area contributed by atoms with E-state index in [1.807, 2.05) is 48.5 Å². The Balaban J connectivity index is 1.25. The average Bonchev–Trinajstić information content (AvgIpc) is 3.63. The molecule has 0 saturated heterocycles. The Labute approximate surface area is 398 Å². The fourth-order valence-corrected chi connectivity index (χ4v) is 7.84. The van der Waals surface area contributed by atoms with Crippen LogP contribution in [0, 0.1) is 5.92 Å². The number of nitrogens with one attached hydrogen (secondary N) is 6. The van der Waals surface area contributed by atoms with Gasteiger partial charge in [-0.05, 0) is 52.6 Å². The lowest BCUT2D eigenvalue weighted by Gasteiger charge is -2.27. The smallest absolute Gasteiger partial charge is 0.407 e. The highest BCUT2D eigenvalue weighted by atomic mass is 16.5. The number of hydrogen-bond acceptors (Lipinski definition) is 10. The first kappa shape index (κ1) is 51.9. The number of benzene rings is 4. The Bertz CT molecular complexity index is 2460. The van der Waals surface area contributed by atoms with Crippen molar-refractivity contribution in [2.24, 2.45) is 11.7 Å². The summed E-state index contributed by atoms with van der Waals surface area (Å²) in [6, 6.07) is 24.3. The number of fused-ring (bicyclic) bond motifs is 3. The van der Waals surface area contributed by atoms with Gasteiger partial charge >= 0.3 is 18.0 Å². The predicted molar refractivity (Wildman–Crippen MR) is 251 cm³/mol. The number of carbonyl (C=O) groups is 9. The molecule has 10 N–H and O–H groups in total. The van der Waals surface area contributed by atoms with E-state index in [1.165, 1.54) is 6.92 Å². The predicted octanol–water partition coefficient (Wildman–Crippen LogP) is 2.30. The molecule has 4 aromatic rings. The fourth-order valence-electron chi connectivity index (χ4n) is 7.84. The second-order valence-corrected chi connectivity index (χ2v) is 17.0. The van der Waals surface area contributed by atoms with Crippen molar-refractivity contribution in [3.05, 3.63) is 131 Å². The van der Waals surface area contributed by atoms with Crippen LogP contribution < -0.4 is 37.6 Å². The monoisotopic (exact) mass is 947 g/mol.